The normalized spacial score (nSPS) is 21.9. The Hall–Kier alpha value is -3.06. The molecule has 25 heavy (non-hydrogen) atoms. The Labute approximate surface area is 144 Å². The molecule has 0 aliphatic carbocycles. The summed E-state index contributed by atoms with van der Waals surface area (Å²) in [4.78, 5) is 47.1. The van der Waals surface area contributed by atoms with E-state index in [0.717, 1.165) is 17.1 Å². The van der Waals surface area contributed by atoms with Crippen molar-refractivity contribution in [2.75, 3.05) is 13.7 Å². The van der Waals surface area contributed by atoms with Gasteiger partial charge in [0.25, 0.3) is 0 Å². The average Bonchev–Trinajstić information content (AvgIpc) is 2.78. The predicted octanol–water partition coefficient (Wildman–Crippen LogP) is 0.439. The van der Waals surface area contributed by atoms with E-state index in [9.17, 15) is 19.2 Å². The van der Waals surface area contributed by atoms with Gasteiger partial charge in [0.2, 0.25) is 5.91 Å². The van der Waals surface area contributed by atoms with Crippen LogP contribution in [-0.2, 0) is 19.2 Å². The van der Waals surface area contributed by atoms with Crippen LogP contribution in [0, 0.1) is 5.92 Å². The number of hydrogen-bond donors (Lipinski definition) is 2. The van der Waals surface area contributed by atoms with E-state index in [2.05, 4.69) is 0 Å². The molecule has 7 heteroatoms. The minimum Gasteiger partial charge on any atom is -0.478 e. The number of hydrogen-bond acceptors (Lipinski definition) is 5. The van der Waals surface area contributed by atoms with Gasteiger partial charge in [-0.05, 0) is 6.08 Å². The predicted molar refractivity (Wildman–Crippen MR) is 90.5 cm³/mol. The Kier molecular flexibility index (Phi) is 7.95. The molecule has 1 heterocycles. The minimum atomic E-state index is -1.38. The van der Waals surface area contributed by atoms with Crippen LogP contribution in [0.4, 0.5) is 0 Å². The maximum atomic E-state index is 12.0. The molecule has 1 aliphatic rings. The molecule has 1 fully saturated rings. The maximum absolute atomic E-state index is 12.0. The number of likely N-dealkylation sites (tertiary alicyclic amines) is 1. The molecular formula is C18H19NO6. The first-order valence-electron chi connectivity index (χ1n) is 7.43. The van der Waals surface area contributed by atoms with Crippen LogP contribution in [0.5, 0.6) is 0 Å². The van der Waals surface area contributed by atoms with E-state index in [1.807, 2.05) is 0 Å². The Morgan fingerprint density at radius 1 is 0.960 bits per heavy atom. The van der Waals surface area contributed by atoms with Crippen molar-refractivity contribution in [3.63, 3.8) is 0 Å². The smallest absolute Gasteiger partial charge is 0.328 e. The number of nitrogens with zero attached hydrogens (tertiary/aromatic N) is 1. The maximum Gasteiger partial charge on any atom is 0.328 e. The van der Waals surface area contributed by atoms with Gasteiger partial charge < -0.3 is 15.1 Å². The number of aliphatic hydroxyl groups is 1. The molecule has 0 bridgehead atoms. The number of likely N-dealkylation sites (N-methyl/N-ethyl adjacent to an activating group) is 1. The zero-order valence-corrected chi connectivity index (χ0v) is 13.6. The van der Waals surface area contributed by atoms with Crippen LogP contribution in [0.25, 0.3) is 0 Å². The molecule has 0 saturated carbocycles. The highest BCUT2D eigenvalue weighted by atomic mass is 16.4. The van der Waals surface area contributed by atoms with E-state index in [0.29, 0.717) is 0 Å². The van der Waals surface area contributed by atoms with E-state index in [1.54, 1.807) is 36.5 Å². The first-order chi connectivity index (χ1) is 11.9. The zero-order chi connectivity index (χ0) is 18.8. The number of aliphatic hydroxyl groups excluding tert-OH is 1. The summed E-state index contributed by atoms with van der Waals surface area (Å²) in [5, 5.41) is 17.5. The first-order valence-corrected chi connectivity index (χ1v) is 7.43. The minimum absolute atomic E-state index is 0.506. The Balaban J connectivity index is 2.53. The molecule has 1 aliphatic heterocycles. The van der Waals surface area contributed by atoms with Gasteiger partial charge in [-0.2, -0.15) is 0 Å². The standard InChI is InChI=1S/C18H19NO6/c1-19-13(12-20)17(24)16(18(19)25)14(21)10-8-6-4-2-3-5-7-9-11-15(22)23/h2-11,13,16,20H,12H2,1H3,(H,22,23)/b3-2+,6-4+,7-5+,10-8+,11-9+/t13-,16?/m0/s1. The summed E-state index contributed by atoms with van der Waals surface area (Å²) < 4.78 is 0. The van der Waals surface area contributed by atoms with Gasteiger partial charge in [0.15, 0.2) is 17.5 Å². The molecule has 0 radical (unpaired) electrons. The fraction of sp³-hybridized carbons (Fsp3) is 0.222. The summed E-state index contributed by atoms with van der Waals surface area (Å²) in [6, 6.07) is -0.963. The number of carboxylic acids is 1. The van der Waals surface area contributed by atoms with Gasteiger partial charge in [0.1, 0.15) is 6.04 Å². The lowest BCUT2D eigenvalue weighted by Crippen LogP contribution is -2.34. The van der Waals surface area contributed by atoms with Gasteiger partial charge in [-0.25, -0.2) is 4.79 Å². The lowest BCUT2D eigenvalue weighted by atomic mass is 9.98. The molecule has 0 aromatic carbocycles. The zero-order valence-electron chi connectivity index (χ0n) is 13.6. The van der Waals surface area contributed by atoms with Crippen molar-refractivity contribution in [2.45, 2.75) is 6.04 Å². The van der Waals surface area contributed by atoms with E-state index in [4.69, 9.17) is 10.2 Å². The van der Waals surface area contributed by atoms with E-state index < -0.39 is 42.0 Å². The summed E-state index contributed by atoms with van der Waals surface area (Å²) in [6.07, 6.45) is 14.6. The van der Waals surface area contributed by atoms with Crippen LogP contribution in [0.2, 0.25) is 0 Å². The number of aliphatic carboxylic acids is 1. The second-order valence-corrected chi connectivity index (χ2v) is 5.10. The molecule has 1 rings (SSSR count). The molecule has 2 N–H and O–H groups in total. The van der Waals surface area contributed by atoms with Crippen molar-refractivity contribution in [3.05, 3.63) is 60.8 Å². The summed E-state index contributed by atoms with van der Waals surface area (Å²) in [7, 11) is 1.38. The van der Waals surface area contributed by atoms with Gasteiger partial charge in [-0.3, -0.25) is 14.4 Å². The number of carbonyl (C=O) groups excluding carboxylic acids is 3. The van der Waals surface area contributed by atoms with Crippen molar-refractivity contribution in [1.82, 2.24) is 4.90 Å². The summed E-state index contributed by atoms with van der Waals surface area (Å²) in [5.74, 6) is -4.23. The fourth-order valence-corrected chi connectivity index (χ4v) is 2.11. The second-order valence-electron chi connectivity index (χ2n) is 5.10. The van der Waals surface area contributed by atoms with Crippen molar-refractivity contribution < 1.29 is 29.4 Å². The Bertz CT molecular complexity index is 684. The Morgan fingerprint density at radius 2 is 1.44 bits per heavy atom. The number of Topliss-reactive ketones (excluding diaryl/α,β-unsaturated/α-hetero) is 1. The number of amides is 1. The van der Waals surface area contributed by atoms with Crippen molar-refractivity contribution in [2.24, 2.45) is 5.92 Å². The molecule has 1 unspecified atom stereocenters. The van der Waals surface area contributed by atoms with Gasteiger partial charge in [-0.1, -0.05) is 48.6 Å². The van der Waals surface area contributed by atoms with E-state index in [-0.39, 0.29) is 0 Å². The molecule has 1 amide bonds. The molecule has 0 aromatic rings. The third kappa shape index (κ3) is 5.82. The lowest BCUT2D eigenvalue weighted by Gasteiger charge is -2.14. The SMILES string of the molecule is CN1C(=O)C(C(=O)/C=C/C=C/C=C/C=C/C=C/C(=O)O)C(=O)[C@@H]1CO. The second kappa shape index (κ2) is 9.94. The number of carboxylic acid groups (broad SMARTS) is 1. The molecule has 0 spiro atoms. The lowest BCUT2D eigenvalue weighted by molar-refractivity contribution is -0.137. The molecule has 0 aromatic heterocycles. The van der Waals surface area contributed by atoms with Crippen LogP contribution >= 0.6 is 0 Å². The van der Waals surface area contributed by atoms with Crippen molar-refractivity contribution >= 4 is 23.4 Å². The van der Waals surface area contributed by atoms with E-state index >= 15 is 0 Å². The molecular weight excluding hydrogens is 326 g/mol. The topological polar surface area (TPSA) is 112 Å². The molecule has 1 saturated heterocycles. The third-order valence-corrected chi connectivity index (χ3v) is 3.41. The first kappa shape index (κ1) is 20.0. The van der Waals surface area contributed by atoms with E-state index in [1.165, 1.54) is 19.2 Å². The number of allylic oxidation sites excluding steroid dienone is 9. The number of rotatable bonds is 8. The highest BCUT2D eigenvalue weighted by Crippen LogP contribution is 2.20. The Morgan fingerprint density at radius 3 is 1.88 bits per heavy atom. The van der Waals surface area contributed by atoms with Gasteiger partial charge in [0.05, 0.1) is 6.61 Å². The van der Waals surface area contributed by atoms with Crippen LogP contribution in [0.3, 0.4) is 0 Å². The van der Waals surface area contributed by atoms with Crippen LogP contribution in [0.1, 0.15) is 0 Å². The summed E-state index contributed by atoms with van der Waals surface area (Å²) in [6.45, 7) is -0.506. The van der Waals surface area contributed by atoms with Crippen molar-refractivity contribution in [1.29, 1.82) is 0 Å². The van der Waals surface area contributed by atoms with Crippen LogP contribution < -0.4 is 0 Å². The average molecular weight is 345 g/mol. The highest BCUT2D eigenvalue weighted by molar-refractivity contribution is 6.26. The van der Waals surface area contributed by atoms with Gasteiger partial charge in [0, 0.05) is 13.1 Å². The third-order valence-electron chi connectivity index (χ3n) is 3.41. The van der Waals surface area contributed by atoms with Gasteiger partial charge in [-0.15, -0.1) is 0 Å². The largest absolute Gasteiger partial charge is 0.478 e. The summed E-state index contributed by atoms with van der Waals surface area (Å²) in [5.41, 5.74) is 0. The van der Waals surface area contributed by atoms with Crippen LogP contribution in [-0.4, -0.2) is 58.3 Å². The number of ketones is 2. The molecule has 132 valence electrons. The molecule has 2 atom stereocenters. The molecule has 7 nitrogen and oxygen atoms in total. The summed E-state index contributed by atoms with van der Waals surface area (Å²) >= 11 is 0. The monoisotopic (exact) mass is 345 g/mol. The van der Waals surface area contributed by atoms with Gasteiger partial charge >= 0.3 is 5.97 Å². The highest BCUT2D eigenvalue weighted by Gasteiger charge is 2.47. The quantitative estimate of drug-likeness (QED) is 0.375. The number of carbonyl (C=O) groups is 4. The van der Waals surface area contributed by atoms with Crippen LogP contribution in [0.15, 0.2) is 60.8 Å². The fourth-order valence-electron chi connectivity index (χ4n) is 2.11. The van der Waals surface area contributed by atoms with Crippen molar-refractivity contribution in [3.8, 4) is 0 Å².